The Morgan fingerprint density at radius 3 is 2.95 bits per heavy atom. The van der Waals surface area contributed by atoms with E-state index in [2.05, 4.69) is 15.0 Å². The van der Waals surface area contributed by atoms with Gasteiger partial charge in [-0.2, -0.15) is 4.31 Å². The third-order valence-electron chi connectivity index (χ3n) is 3.33. The molecule has 1 fully saturated rings. The van der Waals surface area contributed by atoms with Gasteiger partial charge in [-0.15, -0.1) is 0 Å². The Bertz CT molecular complexity index is 714. The zero-order chi connectivity index (χ0) is 14.9. The van der Waals surface area contributed by atoms with Gasteiger partial charge in [0, 0.05) is 37.4 Å². The molecule has 112 valence electrons. The summed E-state index contributed by atoms with van der Waals surface area (Å²) in [4.78, 5) is 11.4. The van der Waals surface area contributed by atoms with Crippen molar-refractivity contribution in [1.29, 1.82) is 0 Å². The number of nitrogens with zero attached hydrogens (tertiary/aromatic N) is 3. The molecule has 0 radical (unpaired) electrons. The summed E-state index contributed by atoms with van der Waals surface area (Å²) in [5.41, 5.74) is 0.917. The highest BCUT2D eigenvalue weighted by Gasteiger charge is 2.32. The molecule has 1 atom stereocenters. The number of H-pyrrole nitrogens is 1. The van der Waals surface area contributed by atoms with Gasteiger partial charge in [0.05, 0.1) is 6.61 Å². The van der Waals surface area contributed by atoms with Crippen LogP contribution in [0.4, 0.5) is 0 Å². The summed E-state index contributed by atoms with van der Waals surface area (Å²) in [5, 5.41) is 0. The molecule has 0 spiro atoms. The number of hydrogen-bond donors (Lipinski definition) is 1. The number of morpholine rings is 1. The van der Waals surface area contributed by atoms with Gasteiger partial charge in [-0.3, -0.25) is 4.98 Å². The fourth-order valence-corrected chi connectivity index (χ4v) is 3.64. The molecule has 0 saturated carbocycles. The number of pyridine rings is 1. The Morgan fingerprint density at radius 1 is 1.43 bits per heavy atom. The average Bonchev–Trinajstić information content (AvgIpc) is 2.95. The molecule has 3 rings (SSSR count). The molecule has 0 amide bonds. The molecule has 0 aliphatic carbocycles. The first-order chi connectivity index (χ1) is 10.1. The quantitative estimate of drug-likeness (QED) is 0.909. The highest BCUT2D eigenvalue weighted by molar-refractivity contribution is 7.89. The van der Waals surface area contributed by atoms with Crippen molar-refractivity contribution in [2.45, 2.75) is 17.9 Å². The van der Waals surface area contributed by atoms with Gasteiger partial charge in [-0.1, -0.05) is 0 Å². The zero-order valence-electron chi connectivity index (χ0n) is 11.6. The maximum atomic E-state index is 12.6. The second kappa shape index (κ2) is 5.55. The molecule has 2 aromatic heterocycles. The molecule has 1 aliphatic rings. The van der Waals surface area contributed by atoms with Crippen LogP contribution in [0.2, 0.25) is 0 Å². The molecule has 21 heavy (non-hydrogen) atoms. The molecule has 1 aliphatic heterocycles. The minimum absolute atomic E-state index is 0.196. The summed E-state index contributed by atoms with van der Waals surface area (Å²) in [7, 11) is -3.55. The van der Waals surface area contributed by atoms with Crippen LogP contribution in [-0.2, 0) is 14.8 Å². The fraction of sp³-hybridized carbons (Fsp3) is 0.385. The lowest BCUT2D eigenvalue weighted by molar-refractivity contribution is -0.00711. The number of sulfonamides is 1. The first-order valence-electron chi connectivity index (χ1n) is 6.60. The van der Waals surface area contributed by atoms with E-state index in [1.54, 1.807) is 24.5 Å². The molecule has 1 saturated heterocycles. The van der Waals surface area contributed by atoms with Gasteiger partial charge in [-0.05, 0) is 19.1 Å². The Morgan fingerprint density at radius 2 is 2.29 bits per heavy atom. The molecular formula is C13H16N4O3S. The minimum Gasteiger partial charge on any atom is -0.368 e. The van der Waals surface area contributed by atoms with Gasteiger partial charge >= 0.3 is 0 Å². The molecule has 8 heteroatoms. The zero-order valence-corrected chi connectivity index (χ0v) is 12.4. The van der Waals surface area contributed by atoms with Crippen LogP contribution in [0.15, 0.2) is 35.6 Å². The number of ether oxygens (including phenoxy) is 1. The van der Waals surface area contributed by atoms with Gasteiger partial charge in [-0.25, -0.2) is 13.4 Å². The van der Waals surface area contributed by atoms with Gasteiger partial charge in [0.2, 0.25) is 10.0 Å². The molecule has 0 aromatic carbocycles. The van der Waals surface area contributed by atoms with Crippen molar-refractivity contribution in [2.75, 3.05) is 19.7 Å². The van der Waals surface area contributed by atoms with Crippen LogP contribution in [0.3, 0.4) is 0 Å². The summed E-state index contributed by atoms with van der Waals surface area (Å²) >= 11 is 0. The Kier molecular flexibility index (Phi) is 3.75. The summed E-state index contributed by atoms with van der Waals surface area (Å²) in [6, 6.07) is 3.16. The summed E-state index contributed by atoms with van der Waals surface area (Å²) < 4.78 is 32.2. The Labute approximate surface area is 123 Å². The number of aromatic nitrogens is 3. The summed E-state index contributed by atoms with van der Waals surface area (Å²) in [5.74, 6) is 0.651. The van der Waals surface area contributed by atoms with Crippen LogP contribution >= 0.6 is 0 Å². The fourth-order valence-electron chi connectivity index (χ4n) is 2.25. The molecule has 2 aromatic rings. The second-order valence-electron chi connectivity index (χ2n) is 4.86. The van der Waals surface area contributed by atoms with Crippen LogP contribution in [0.1, 0.15) is 17.6 Å². The average molecular weight is 308 g/mol. The van der Waals surface area contributed by atoms with Crippen LogP contribution < -0.4 is 0 Å². The maximum absolute atomic E-state index is 12.6. The summed E-state index contributed by atoms with van der Waals surface area (Å²) in [6.45, 7) is 2.80. The first-order valence-corrected chi connectivity index (χ1v) is 8.04. The van der Waals surface area contributed by atoms with Gasteiger partial charge in [0.1, 0.15) is 16.8 Å². The topological polar surface area (TPSA) is 88.2 Å². The van der Waals surface area contributed by atoms with E-state index >= 15 is 0 Å². The van der Waals surface area contributed by atoms with E-state index < -0.39 is 10.0 Å². The van der Waals surface area contributed by atoms with E-state index in [9.17, 15) is 8.42 Å². The predicted molar refractivity (Wildman–Crippen MR) is 75.0 cm³/mol. The SMILES string of the molecule is Cc1cnc(C2CN(S(=O)(=O)c3cccnc3)CCO2)[nH]1. The molecule has 1 N–H and O–H groups in total. The van der Waals surface area contributed by atoms with Gasteiger partial charge in [0.25, 0.3) is 0 Å². The number of aromatic amines is 1. The highest BCUT2D eigenvalue weighted by atomic mass is 32.2. The number of nitrogens with one attached hydrogen (secondary N) is 1. The lowest BCUT2D eigenvalue weighted by Gasteiger charge is -2.31. The highest BCUT2D eigenvalue weighted by Crippen LogP contribution is 2.24. The Hall–Kier alpha value is -1.77. The normalized spacial score (nSPS) is 20.5. The standard InChI is InChI=1S/C13H16N4O3S/c1-10-7-15-13(16-10)12-9-17(5-6-20-12)21(18,19)11-3-2-4-14-8-11/h2-4,7-8,12H,5-6,9H2,1H3,(H,15,16). The molecule has 0 bridgehead atoms. The van der Waals surface area contributed by atoms with E-state index in [-0.39, 0.29) is 17.5 Å². The monoisotopic (exact) mass is 308 g/mol. The van der Waals surface area contributed by atoms with Crippen LogP contribution in [0, 0.1) is 6.92 Å². The lowest BCUT2D eigenvalue weighted by atomic mass is 10.3. The van der Waals surface area contributed by atoms with Crippen molar-refractivity contribution in [2.24, 2.45) is 0 Å². The van der Waals surface area contributed by atoms with Crippen molar-refractivity contribution in [3.63, 3.8) is 0 Å². The van der Waals surface area contributed by atoms with Crippen molar-refractivity contribution >= 4 is 10.0 Å². The number of hydrogen-bond acceptors (Lipinski definition) is 5. The summed E-state index contributed by atoms with van der Waals surface area (Å²) in [6.07, 6.45) is 4.23. The van der Waals surface area contributed by atoms with Crippen LogP contribution in [0.25, 0.3) is 0 Å². The molecule has 3 heterocycles. The predicted octanol–water partition coefficient (Wildman–Crippen LogP) is 0.875. The number of aryl methyl sites for hydroxylation is 1. The van der Waals surface area contributed by atoms with Crippen LogP contribution in [-0.4, -0.2) is 47.4 Å². The van der Waals surface area contributed by atoms with E-state index in [4.69, 9.17) is 4.74 Å². The van der Waals surface area contributed by atoms with E-state index in [1.807, 2.05) is 6.92 Å². The van der Waals surface area contributed by atoms with Gasteiger partial charge < -0.3 is 9.72 Å². The van der Waals surface area contributed by atoms with E-state index in [1.165, 1.54) is 10.5 Å². The maximum Gasteiger partial charge on any atom is 0.244 e. The molecular weight excluding hydrogens is 292 g/mol. The Balaban J connectivity index is 1.83. The van der Waals surface area contributed by atoms with Crippen molar-refractivity contribution in [3.05, 3.63) is 42.2 Å². The largest absolute Gasteiger partial charge is 0.368 e. The molecule has 1 unspecified atom stereocenters. The first kappa shape index (κ1) is 14.2. The van der Waals surface area contributed by atoms with Crippen molar-refractivity contribution in [3.8, 4) is 0 Å². The third-order valence-corrected chi connectivity index (χ3v) is 5.18. The van der Waals surface area contributed by atoms with Crippen molar-refractivity contribution in [1.82, 2.24) is 19.3 Å². The van der Waals surface area contributed by atoms with Gasteiger partial charge in [0.15, 0.2) is 0 Å². The molecule has 7 nitrogen and oxygen atoms in total. The number of rotatable bonds is 3. The number of imidazole rings is 1. The van der Waals surface area contributed by atoms with Crippen molar-refractivity contribution < 1.29 is 13.2 Å². The van der Waals surface area contributed by atoms with E-state index in [0.717, 1.165) is 5.69 Å². The third kappa shape index (κ3) is 2.82. The smallest absolute Gasteiger partial charge is 0.244 e. The van der Waals surface area contributed by atoms with Crippen LogP contribution in [0.5, 0.6) is 0 Å². The van der Waals surface area contributed by atoms with E-state index in [0.29, 0.717) is 19.0 Å². The second-order valence-corrected chi connectivity index (χ2v) is 6.80. The lowest BCUT2D eigenvalue weighted by Crippen LogP contribution is -2.42. The minimum atomic E-state index is -3.55.